The molecule has 0 aliphatic heterocycles. The summed E-state index contributed by atoms with van der Waals surface area (Å²) in [6, 6.07) is 0. The first-order chi connectivity index (χ1) is 7.18. The van der Waals surface area contributed by atoms with Gasteiger partial charge < -0.3 is 0 Å². The van der Waals surface area contributed by atoms with E-state index >= 15 is 0 Å². The minimum absolute atomic E-state index is 0.247. The topological polar surface area (TPSA) is 30.0 Å². The first-order valence-corrected chi connectivity index (χ1v) is 6.49. The smallest absolute Gasteiger partial charge is 0.177 e. The van der Waals surface area contributed by atoms with E-state index in [4.69, 9.17) is 0 Å². The van der Waals surface area contributed by atoms with Crippen LogP contribution in [0, 0.1) is 17.8 Å². The summed E-state index contributed by atoms with van der Waals surface area (Å²) in [5.74, 6) is 2.02. The van der Waals surface area contributed by atoms with Crippen molar-refractivity contribution >= 4 is 17.1 Å². The Labute approximate surface area is 94.7 Å². The highest BCUT2D eigenvalue weighted by molar-refractivity contribution is 7.11. The lowest BCUT2D eigenvalue weighted by molar-refractivity contribution is 0.0841. The van der Waals surface area contributed by atoms with Gasteiger partial charge in [-0.25, -0.2) is 0 Å². The molecule has 0 bridgehead atoms. The second-order valence-corrected chi connectivity index (χ2v) is 5.58. The SMILES string of the molecule is CC1CCC(C(=O)c2cncs2)CC1C. The quantitative estimate of drug-likeness (QED) is 0.719. The summed E-state index contributed by atoms with van der Waals surface area (Å²) < 4.78 is 0. The Morgan fingerprint density at radius 3 is 2.80 bits per heavy atom. The molecular weight excluding hydrogens is 206 g/mol. The van der Waals surface area contributed by atoms with Gasteiger partial charge in [0.05, 0.1) is 10.4 Å². The van der Waals surface area contributed by atoms with Crippen LogP contribution in [-0.2, 0) is 0 Å². The first kappa shape index (κ1) is 10.8. The van der Waals surface area contributed by atoms with E-state index in [0.29, 0.717) is 11.7 Å². The molecule has 2 nitrogen and oxygen atoms in total. The lowest BCUT2D eigenvalue weighted by Gasteiger charge is -2.30. The van der Waals surface area contributed by atoms with Crippen molar-refractivity contribution in [1.82, 2.24) is 4.98 Å². The van der Waals surface area contributed by atoms with Crippen LogP contribution >= 0.6 is 11.3 Å². The molecule has 0 saturated heterocycles. The lowest BCUT2D eigenvalue weighted by Crippen LogP contribution is -2.26. The van der Waals surface area contributed by atoms with Crippen LogP contribution in [0.2, 0.25) is 0 Å². The second kappa shape index (κ2) is 4.44. The fraction of sp³-hybridized carbons (Fsp3) is 0.667. The molecule has 15 heavy (non-hydrogen) atoms. The van der Waals surface area contributed by atoms with Crippen LogP contribution in [0.1, 0.15) is 42.8 Å². The molecule has 1 aliphatic carbocycles. The van der Waals surface area contributed by atoms with Gasteiger partial charge in [0.1, 0.15) is 0 Å². The van der Waals surface area contributed by atoms with Crippen LogP contribution in [0.3, 0.4) is 0 Å². The summed E-state index contributed by atoms with van der Waals surface area (Å²) in [6.07, 6.45) is 5.01. The van der Waals surface area contributed by atoms with Crippen molar-refractivity contribution in [2.24, 2.45) is 17.8 Å². The highest BCUT2D eigenvalue weighted by Crippen LogP contribution is 2.35. The van der Waals surface area contributed by atoms with E-state index in [1.807, 2.05) is 0 Å². The third-order valence-electron chi connectivity index (χ3n) is 3.64. The van der Waals surface area contributed by atoms with Crippen molar-refractivity contribution in [2.45, 2.75) is 33.1 Å². The molecular formula is C12H17NOS. The van der Waals surface area contributed by atoms with Crippen molar-refractivity contribution in [3.8, 4) is 0 Å². The maximum Gasteiger partial charge on any atom is 0.177 e. The average molecular weight is 223 g/mol. The number of carbonyl (C=O) groups excluding carboxylic acids is 1. The lowest BCUT2D eigenvalue weighted by atomic mass is 9.74. The van der Waals surface area contributed by atoms with Crippen LogP contribution in [0.15, 0.2) is 11.7 Å². The van der Waals surface area contributed by atoms with E-state index in [9.17, 15) is 4.79 Å². The minimum atomic E-state index is 0.247. The molecule has 3 unspecified atom stereocenters. The zero-order chi connectivity index (χ0) is 10.8. The fourth-order valence-corrected chi connectivity index (χ4v) is 2.96. The Morgan fingerprint density at radius 1 is 1.40 bits per heavy atom. The van der Waals surface area contributed by atoms with Gasteiger partial charge >= 0.3 is 0 Å². The fourth-order valence-electron chi connectivity index (χ4n) is 2.32. The molecule has 0 radical (unpaired) electrons. The number of carbonyl (C=O) groups is 1. The first-order valence-electron chi connectivity index (χ1n) is 5.61. The molecule has 0 amide bonds. The van der Waals surface area contributed by atoms with Gasteiger partial charge in [-0.05, 0) is 31.1 Å². The highest BCUT2D eigenvalue weighted by atomic mass is 32.1. The maximum absolute atomic E-state index is 12.1. The predicted octanol–water partition coefficient (Wildman–Crippen LogP) is 3.40. The van der Waals surface area contributed by atoms with Gasteiger partial charge in [0, 0.05) is 12.1 Å². The van der Waals surface area contributed by atoms with Crippen LogP contribution in [0.25, 0.3) is 0 Å². The van der Waals surface area contributed by atoms with Crippen molar-refractivity contribution in [3.63, 3.8) is 0 Å². The Balaban J connectivity index is 2.03. The van der Waals surface area contributed by atoms with E-state index in [1.165, 1.54) is 17.8 Å². The Hall–Kier alpha value is -0.700. The normalized spacial score (nSPS) is 31.5. The van der Waals surface area contributed by atoms with Crippen molar-refractivity contribution in [1.29, 1.82) is 0 Å². The van der Waals surface area contributed by atoms with Gasteiger partial charge in [-0.3, -0.25) is 9.78 Å². The summed E-state index contributed by atoms with van der Waals surface area (Å²) in [4.78, 5) is 16.9. The summed E-state index contributed by atoms with van der Waals surface area (Å²) >= 11 is 1.47. The Morgan fingerprint density at radius 2 is 2.20 bits per heavy atom. The summed E-state index contributed by atoms with van der Waals surface area (Å²) in [6.45, 7) is 4.55. The molecule has 2 rings (SSSR count). The average Bonchev–Trinajstić information content (AvgIpc) is 2.74. The molecule has 82 valence electrons. The van der Waals surface area contributed by atoms with E-state index < -0.39 is 0 Å². The zero-order valence-corrected chi connectivity index (χ0v) is 10.1. The summed E-state index contributed by atoms with van der Waals surface area (Å²) in [5.41, 5.74) is 1.74. The monoisotopic (exact) mass is 223 g/mol. The third kappa shape index (κ3) is 2.28. The van der Waals surface area contributed by atoms with E-state index in [2.05, 4.69) is 18.8 Å². The number of thiazole rings is 1. The molecule has 1 heterocycles. The molecule has 3 heteroatoms. The molecule has 1 saturated carbocycles. The summed E-state index contributed by atoms with van der Waals surface area (Å²) in [7, 11) is 0. The van der Waals surface area contributed by atoms with E-state index in [1.54, 1.807) is 11.7 Å². The minimum Gasteiger partial charge on any atom is -0.293 e. The van der Waals surface area contributed by atoms with Gasteiger partial charge in [0.15, 0.2) is 5.78 Å². The maximum atomic E-state index is 12.1. The second-order valence-electron chi connectivity index (χ2n) is 4.69. The van der Waals surface area contributed by atoms with Crippen LogP contribution < -0.4 is 0 Å². The van der Waals surface area contributed by atoms with Gasteiger partial charge in [0.25, 0.3) is 0 Å². The van der Waals surface area contributed by atoms with Gasteiger partial charge in [-0.15, -0.1) is 11.3 Å². The van der Waals surface area contributed by atoms with E-state index in [-0.39, 0.29) is 5.92 Å². The number of hydrogen-bond donors (Lipinski definition) is 0. The molecule has 1 aromatic rings. The Kier molecular flexibility index (Phi) is 3.19. The molecule has 1 aromatic heterocycles. The summed E-state index contributed by atoms with van der Waals surface area (Å²) in [5, 5.41) is 0. The molecule has 0 spiro atoms. The number of aromatic nitrogens is 1. The number of nitrogens with zero attached hydrogens (tertiary/aromatic N) is 1. The van der Waals surface area contributed by atoms with Crippen molar-refractivity contribution < 1.29 is 4.79 Å². The number of ketones is 1. The predicted molar refractivity (Wildman–Crippen MR) is 62.1 cm³/mol. The molecule has 0 aromatic carbocycles. The van der Waals surface area contributed by atoms with Crippen molar-refractivity contribution in [2.75, 3.05) is 0 Å². The largest absolute Gasteiger partial charge is 0.293 e. The van der Waals surface area contributed by atoms with E-state index in [0.717, 1.165) is 23.6 Å². The molecule has 1 aliphatic rings. The number of hydrogen-bond acceptors (Lipinski definition) is 3. The third-order valence-corrected chi connectivity index (χ3v) is 4.43. The molecule has 1 fully saturated rings. The highest BCUT2D eigenvalue weighted by Gasteiger charge is 2.30. The zero-order valence-electron chi connectivity index (χ0n) is 9.27. The number of Topliss-reactive ketones (excluding diaryl/α,β-unsaturated/α-hetero) is 1. The van der Waals surface area contributed by atoms with Gasteiger partial charge in [0.2, 0.25) is 0 Å². The van der Waals surface area contributed by atoms with Crippen LogP contribution in [0.5, 0.6) is 0 Å². The molecule has 3 atom stereocenters. The van der Waals surface area contributed by atoms with Gasteiger partial charge in [-0.1, -0.05) is 13.8 Å². The van der Waals surface area contributed by atoms with Crippen molar-refractivity contribution in [3.05, 3.63) is 16.6 Å². The van der Waals surface area contributed by atoms with Crippen LogP contribution in [0.4, 0.5) is 0 Å². The Bertz CT molecular complexity index is 333. The standard InChI is InChI=1S/C12H17NOS/c1-8-3-4-10(5-9(8)2)12(14)11-6-13-7-15-11/h6-10H,3-5H2,1-2H3. The van der Waals surface area contributed by atoms with Crippen LogP contribution in [-0.4, -0.2) is 10.8 Å². The molecule has 0 N–H and O–H groups in total. The van der Waals surface area contributed by atoms with Gasteiger partial charge in [-0.2, -0.15) is 0 Å². The number of rotatable bonds is 2.